The van der Waals surface area contributed by atoms with Gasteiger partial charge in [-0.3, -0.25) is 14.4 Å². The molecule has 0 unspecified atom stereocenters. The Morgan fingerprint density at radius 1 is 1.13 bits per heavy atom. The Kier molecular flexibility index (Phi) is 7.74. The first-order chi connectivity index (χ1) is 18.7. The van der Waals surface area contributed by atoms with Crippen LogP contribution in [0.15, 0.2) is 58.5 Å². The zero-order valence-corrected chi connectivity index (χ0v) is 22.7. The van der Waals surface area contributed by atoms with E-state index in [-0.39, 0.29) is 46.7 Å². The van der Waals surface area contributed by atoms with Gasteiger partial charge in [-0.05, 0) is 59.7 Å². The van der Waals surface area contributed by atoms with Crippen molar-refractivity contribution in [3.8, 4) is 0 Å². The number of aliphatic carboxylic acids is 1. The van der Waals surface area contributed by atoms with E-state index < -0.39 is 17.9 Å². The highest BCUT2D eigenvalue weighted by molar-refractivity contribution is 7.12. The van der Waals surface area contributed by atoms with E-state index in [1.807, 2.05) is 12.1 Å². The number of carboxylic acid groups (broad SMARTS) is 1. The fraction of sp³-hybridized carbons (Fsp3) is 0.214. The Balaban J connectivity index is 1.30. The van der Waals surface area contributed by atoms with Crippen LogP contribution in [-0.2, 0) is 17.8 Å². The molecule has 0 saturated heterocycles. The second-order valence-corrected chi connectivity index (χ2v) is 10.9. The molecule has 8 nitrogen and oxygen atoms in total. The number of fused-ring (bicyclic) bond motifs is 2. The largest absolute Gasteiger partial charge is 0.480 e. The Morgan fingerprint density at radius 3 is 2.69 bits per heavy atom. The number of ketones is 1. The minimum atomic E-state index is -1.30. The van der Waals surface area contributed by atoms with Crippen molar-refractivity contribution in [3.05, 3.63) is 91.3 Å². The van der Waals surface area contributed by atoms with Gasteiger partial charge in [-0.15, -0.1) is 11.3 Å². The second-order valence-electron chi connectivity index (χ2n) is 9.14. The van der Waals surface area contributed by atoms with Gasteiger partial charge in [0, 0.05) is 30.5 Å². The molecule has 2 N–H and O–H groups in total. The summed E-state index contributed by atoms with van der Waals surface area (Å²) in [4.78, 5) is 52.6. The number of amides is 2. The molecule has 5 rings (SSSR count). The first kappa shape index (κ1) is 26.9. The van der Waals surface area contributed by atoms with Gasteiger partial charge in [-0.1, -0.05) is 35.3 Å². The normalized spacial score (nSPS) is 13.6. The van der Waals surface area contributed by atoms with E-state index >= 15 is 0 Å². The molecule has 3 heterocycles. The van der Waals surface area contributed by atoms with Crippen molar-refractivity contribution >= 4 is 69.1 Å². The molecule has 0 fully saturated rings. The van der Waals surface area contributed by atoms with Crippen LogP contribution in [0.3, 0.4) is 0 Å². The van der Waals surface area contributed by atoms with E-state index in [2.05, 4.69) is 5.32 Å². The van der Waals surface area contributed by atoms with Crippen LogP contribution in [0.5, 0.6) is 0 Å². The summed E-state index contributed by atoms with van der Waals surface area (Å²) in [6.45, 7) is 0.612. The molecule has 11 heteroatoms. The van der Waals surface area contributed by atoms with Crippen molar-refractivity contribution in [1.82, 2.24) is 10.2 Å². The van der Waals surface area contributed by atoms with Gasteiger partial charge in [-0.2, -0.15) is 0 Å². The summed E-state index contributed by atoms with van der Waals surface area (Å²) in [5.41, 5.74) is 2.46. The number of hydrogen-bond acceptors (Lipinski definition) is 6. The lowest BCUT2D eigenvalue weighted by Gasteiger charge is -2.30. The lowest BCUT2D eigenvalue weighted by atomic mass is 9.95. The summed E-state index contributed by atoms with van der Waals surface area (Å²) in [5, 5.41) is 14.9. The second kappa shape index (κ2) is 11.2. The van der Waals surface area contributed by atoms with Gasteiger partial charge in [0.25, 0.3) is 11.8 Å². The van der Waals surface area contributed by atoms with Crippen LogP contribution in [0.4, 0.5) is 0 Å². The molecule has 1 atom stereocenters. The molecule has 0 radical (unpaired) electrons. The number of carbonyl (C=O) groups excluding carboxylic acids is 3. The van der Waals surface area contributed by atoms with Gasteiger partial charge in [0.15, 0.2) is 5.78 Å². The number of rotatable bonds is 8. The maximum atomic E-state index is 13.2. The third kappa shape index (κ3) is 5.56. The van der Waals surface area contributed by atoms with E-state index in [9.17, 15) is 24.3 Å². The molecule has 0 bridgehead atoms. The Labute approximate surface area is 237 Å². The molecule has 0 spiro atoms. The number of carboxylic acids is 1. The van der Waals surface area contributed by atoms with Crippen LogP contribution in [0.2, 0.25) is 10.0 Å². The summed E-state index contributed by atoms with van der Waals surface area (Å²) in [6, 6.07) is 10.8. The SMILES string of the molecule is O=C(CC[C@H](NC(=O)c1c(Cl)cc2c(c1Cl)CCN(C(=O)c1ccc3ccoc3c1)C2)C(=O)O)c1cccs1. The fourth-order valence-corrected chi connectivity index (χ4v) is 6.09. The number of benzene rings is 2. The summed E-state index contributed by atoms with van der Waals surface area (Å²) in [7, 11) is 0. The van der Waals surface area contributed by atoms with E-state index in [4.69, 9.17) is 27.6 Å². The maximum absolute atomic E-state index is 13.2. The average Bonchev–Trinajstić information content (AvgIpc) is 3.62. The highest BCUT2D eigenvalue weighted by atomic mass is 35.5. The fourth-order valence-electron chi connectivity index (χ4n) is 4.63. The van der Waals surface area contributed by atoms with Crippen LogP contribution >= 0.6 is 34.5 Å². The first-order valence-corrected chi connectivity index (χ1v) is 13.7. The topological polar surface area (TPSA) is 117 Å². The molecule has 4 aromatic rings. The molecular formula is C28H22Cl2N2O6S. The van der Waals surface area contributed by atoms with Gasteiger partial charge in [0.05, 0.1) is 26.7 Å². The minimum absolute atomic E-state index is 0.0315. The molecule has 0 saturated carbocycles. The molecule has 2 amide bonds. The lowest BCUT2D eigenvalue weighted by Crippen LogP contribution is -2.41. The molecule has 200 valence electrons. The van der Waals surface area contributed by atoms with E-state index in [0.29, 0.717) is 40.1 Å². The van der Waals surface area contributed by atoms with Crippen molar-refractivity contribution in [3.63, 3.8) is 0 Å². The van der Waals surface area contributed by atoms with Crippen molar-refractivity contribution in [2.45, 2.75) is 31.8 Å². The van der Waals surface area contributed by atoms with E-state index in [0.717, 1.165) is 5.39 Å². The van der Waals surface area contributed by atoms with Crippen molar-refractivity contribution < 1.29 is 28.7 Å². The van der Waals surface area contributed by atoms with Gasteiger partial charge in [0.1, 0.15) is 11.6 Å². The van der Waals surface area contributed by atoms with E-state index in [1.54, 1.807) is 46.9 Å². The highest BCUT2D eigenvalue weighted by Crippen LogP contribution is 2.35. The first-order valence-electron chi connectivity index (χ1n) is 12.1. The standard InChI is InChI=1S/C28H22Cl2N2O6S/c29-19-12-17-14-32(27(35)16-4-3-15-8-10-38-22(15)13-16)9-7-18(17)25(30)24(19)26(34)31-20(28(36)37)5-6-21(33)23-2-1-11-39-23/h1-4,8,10-13,20H,5-7,9,14H2,(H,31,34)(H,36,37)/t20-/m0/s1. The third-order valence-corrected chi connectivity index (χ3v) is 8.31. The third-order valence-electron chi connectivity index (χ3n) is 6.68. The predicted octanol–water partition coefficient (Wildman–Crippen LogP) is 5.85. The number of thiophene rings is 1. The van der Waals surface area contributed by atoms with Crippen LogP contribution in [0, 0.1) is 0 Å². The zero-order valence-electron chi connectivity index (χ0n) is 20.4. The Morgan fingerprint density at radius 2 is 1.95 bits per heavy atom. The Hall–Kier alpha value is -3.66. The van der Waals surface area contributed by atoms with Crippen LogP contribution in [-0.4, -0.2) is 46.2 Å². The van der Waals surface area contributed by atoms with Crippen molar-refractivity contribution in [1.29, 1.82) is 0 Å². The van der Waals surface area contributed by atoms with Gasteiger partial charge < -0.3 is 19.7 Å². The maximum Gasteiger partial charge on any atom is 0.326 e. The van der Waals surface area contributed by atoms with Crippen LogP contribution < -0.4 is 5.32 Å². The summed E-state index contributed by atoms with van der Waals surface area (Å²) < 4.78 is 5.41. The molecule has 39 heavy (non-hydrogen) atoms. The molecule has 0 aliphatic carbocycles. The van der Waals surface area contributed by atoms with Crippen LogP contribution in [0.25, 0.3) is 11.0 Å². The van der Waals surface area contributed by atoms with Crippen molar-refractivity contribution in [2.75, 3.05) is 6.54 Å². The summed E-state index contributed by atoms with van der Waals surface area (Å²) >= 11 is 14.3. The molecule has 1 aliphatic heterocycles. The number of carbonyl (C=O) groups is 4. The van der Waals surface area contributed by atoms with E-state index in [1.165, 1.54) is 11.3 Å². The average molecular weight is 585 g/mol. The number of nitrogens with one attached hydrogen (secondary N) is 1. The number of nitrogens with zero attached hydrogens (tertiary/aromatic N) is 1. The molecule has 1 aliphatic rings. The number of hydrogen-bond donors (Lipinski definition) is 2. The van der Waals surface area contributed by atoms with Gasteiger partial charge in [-0.25, -0.2) is 4.79 Å². The lowest BCUT2D eigenvalue weighted by molar-refractivity contribution is -0.139. The summed E-state index contributed by atoms with van der Waals surface area (Å²) in [6.07, 6.45) is 1.83. The minimum Gasteiger partial charge on any atom is -0.480 e. The van der Waals surface area contributed by atoms with Gasteiger partial charge in [0.2, 0.25) is 0 Å². The predicted molar refractivity (Wildman–Crippen MR) is 148 cm³/mol. The molecule has 2 aromatic heterocycles. The van der Waals surface area contributed by atoms with Gasteiger partial charge >= 0.3 is 5.97 Å². The van der Waals surface area contributed by atoms with Crippen LogP contribution in [0.1, 0.15) is 54.4 Å². The Bertz CT molecular complexity index is 1600. The van der Waals surface area contributed by atoms with Crippen molar-refractivity contribution in [2.24, 2.45) is 0 Å². The summed E-state index contributed by atoms with van der Waals surface area (Å²) in [5.74, 6) is -2.38. The smallest absolute Gasteiger partial charge is 0.326 e. The number of furan rings is 1. The molecular weight excluding hydrogens is 563 g/mol. The number of halogens is 2. The number of Topliss-reactive ketones (excluding diaryl/α,β-unsaturated/α-hetero) is 1. The zero-order chi connectivity index (χ0) is 27.7. The quantitative estimate of drug-likeness (QED) is 0.251. The molecule has 2 aromatic carbocycles. The monoisotopic (exact) mass is 584 g/mol. The highest BCUT2D eigenvalue weighted by Gasteiger charge is 2.30.